The second kappa shape index (κ2) is 10.5. The van der Waals surface area contributed by atoms with Crippen molar-refractivity contribution in [2.45, 2.75) is 37.7 Å². The summed E-state index contributed by atoms with van der Waals surface area (Å²) in [7, 11) is 0. The molecule has 18 nitrogen and oxygen atoms in total. The molecule has 22 heteroatoms. The molecule has 6 rings (SSSR count). The number of aromatic amines is 1. The first kappa shape index (κ1) is 27.8. The second-order valence-electron chi connectivity index (χ2n) is 8.65. The topological polar surface area (TPSA) is 237 Å². The summed E-state index contributed by atoms with van der Waals surface area (Å²) >= 11 is 9.23. The second-order valence-corrected chi connectivity index (χ2v) is 14.4. The average Bonchev–Trinajstić information content (AvgIpc) is 3.55. The Hall–Kier alpha value is -2.35. The van der Waals surface area contributed by atoms with Crippen molar-refractivity contribution in [2.75, 3.05) is 18.9 Å². The van der Waals surface area contributed by atoms with Crippen molar-refractivity contribution in [1.82, 2.24) is 39.0 Å². The van der Waals surface area contributed by atoms with Gasteiger partial charge in [0, 0.05) is 6.54 Å². The van der Waals surface area contributed by atoms with E-state index < -0.39 is 50.2 Å². The number of thiol groups is 1. The van der Waals surface area contributed by atoms with E-state index in [1.165, 1.54) is 23.4 Å². The van der Waals surface area contributed by atoms with Crippen LogP contribution < -0.4 is 11.3 Å². The molecule has 0 amide bonds. The van der Waals surface area contributed by atoms with E-state index in [1.807, 2.05) is 0 Å². The van der Waals surface area contributed by atoms with Crippen LogP contribution in [0.1, 0.15) is 12.1 Å². The normalized spacial score (nSPS) is 32.1. The third kappa shape index (κ3) is 5.33. The van der Waals surface area contributed by atoms with Gasteiger partial charge in [0.2, 0.25) is 5.95 Å². The Balaban J connectivity index is 1.38. The SMILES string of the molecule is Nc1nc2c(ncn2[C@H]2O[C@@H]3COP(O)(=S)OCCn4c(nc5cncnc54)COP(=O)(S)O[C@@H]2[C@H]3O)c(=O)[nH]1. The fourth-order valence-electron chi connectivity index (χ4n) is 4.37. The zero-order valence-electron chi connectivity index (χ0n) is 20.1. The average molecular weight is 634 g/mol. The number of nitrogens with zero attached hydrogens (tertiary/aromatic N) is 7. The van der Waals surface area contributed by atoms with Gasteiger partial charge in [0.25, 0.3) is 5.56 Å². The van der Waals surface area contributed by atoms with Gasteiger partial charge in [-0.1, -0.05) is 12.2 Å². The zero-order valence-corrected chi connectivity index (χ0v) is 23.6. The monoisotopic (exact) mass is 633 g/mol. The quantitative estimate of drug-likeness (QED) is 0.137. The third-order valence-corrected chi connectivity index (χ3v) is 9.32. The van der Waals surface area contributed by atoms with Gasteiger partial charge >= 0.3 is 13.5 Å². The lowest BCUT2D eigenvalue weighted by molar-refractivity contribution is -0.0476. The molecule has 2 aliphatic heterocycles. The van der Waals surface area contributed by atoms with Crippen molar-refractivity contribution in [2.24, 2.45) is 0 Å². The highest BCUT2D eigenvalue weighted by atomic mass is 32.7. The minimum Gasteiger partial charge on any atom is -0.387 e. The first-order valence-electron chi connectivity index (χ1n) is 11.5. The lowest BCUT2D eigenvalue weighted by atomic mass is 10.1. The molecule has 4 aromatic heterocycles. The molecule has 0 saturated carbocycles. The minimum atomic E-state index is -4.22. The Kier molecular flexibility index (Phi) is 7.29. The summed E-state index contributed by atoms with van der Waals surface area (Å²) in [6.45, 7) is -8.78. The van der Waals surface area contributed by atoms with Gasteiger partial charge in [0.1, 0.15) is 42.6 Å². The highest BCUT2D eigenvalue weighted by Crippen LogP contribution is 2.57. The summed E-state index contributed by atoms with van der Waals surface area (Å²) in [5.74, 6) is 0.0784. The number of nitrogen functional groups attached to an aromatic ring is 1. The molecule has 2 aliphatic rings. The van der Waals surface area contributed by atoms with Crippen molar-refractivity contribution in [3.05, 3.63) is 35.0 Å². The molecule has 5 N–H and O–H groups in total. The van der Waals surface area contributed by atoms with Crippen LogP contribution in [0.3, 0.4) is 0 Å². The highest BCUT2D eigenvalue weighted by Gasteiger charge is 2.49. The summed E-state index contributed by atoms with van der Waals surface area (Å²) in [5, 5.41) is 11.1. The molecule has 0 aliphatic carbocycles. The Morgan fingerprint density at radius 2 is 2.05 bits per heavy atom. The van der Waals surface area contributed by atoms with Gasteiger partial charge in [-0.3, -0.25) is 23.4 Å². The summed E-state index contributed by atoms with van der Waals surface area (Å²) in [4.78, 5) is 45.9. The summed E-state index contributed by atoms with van der Waals surface area (Å²) in [6, 6.07) is 0. The number of fused-ring (bicyclic) bond motifs is 6. The van der Waals surface area contributed by atoms with E-state index in [9.17, 15) is 19.4 Å². The molecule has 214 valence electrons. The van der Waals surface area contributed by atoms with E-state index in [1.54, 1.807) is 4.57 Å². The molecule has 2 bridgehead atoms. The highest BCUT2D eigenvalue weighted by molar-refractivity contribution is 8.44. The Morgan fingerprint density at radius 1 is 1.23 bits per heavy atom. The van der Waals surface area contributed by atoms with Crippen LogP contribution in [0.4, 0.5) is 5.95 Å². The van der Waals surface area contributed by atoms with Crippen molar-refractivity contribution in [1.29, 1.82) is 0 Å². The standard InChI is InChI=1S/C18H21N9O9P2S2/c19-18-24-15-11(16(29)25-18)22-7-27(15)17-13-12(28)9(35-17)4-33-37(30,39)32-2-1-26-10(5-34-38(31,40)36-13)23-8-3-20-6-21-14(8)26/h3,6-7,9,12-13,17,28H,1-2,4-5H2,(H,30,39)(H,31,40)(H3,19,24,25,29)/t9-,12+,13-,17+,37?,38?/m1/s1. The van der Waals surface area contributed by atoms with Crippen LogP contribution in [0, 0.1) is 0 Å². The number of hydrogen-bond acceptors (Lipinski definition) is 15. The lowest BCUT2D eigenvalue weighted by Crippen LogP contribution is -2.35. The van der Waals surface area contributed by atoms with Crippen molar-refractivity contribution < 1.29 is 37.4 Å². The van der Waals surface area contributed by atoms with E-state index >= 15 is 0 Å². The van der Waals surface area contributed by atoms with Crippen molar-refractivity contribution in [3.8, 4) is 0 Å². The van der Waals surface area contributed by atoms with E-state index in [4.69, 9.17) is 40.4 Å². The maximum absolute atomic E-state index is 13.4. The Morgan fingerprint density at radius 3 is 2.88 bits per heavy atom. The van der Waals surface area contributed by atoms with Crippen LogP contribution in [-0.2, 0) is 52.4 Å². The maximum Gasteiger partial charge on any atom is 0.387 e. The number of H-pyrrole nitrogens is 1. The maximum atomic E-state index is 13.4. The number of aliphatic hydroxyl groups is 1. The molecule has 1 fully saturated rings. The molecule has 6 atom stereocenters. The summed E-state index contributed by atoms with van der Waals surface area (Å²) in [5.41, 5.74) is 5.88. The van der Waals surface area contributed by atoms with Gasteiger partial charge in [0.15, 0.2) is 23.0 Å². The number of anilines is 1. The fourth-order valence-corrected chi connectivity index (χ4v) is 6.87. The number of hydrogen-bond donors (Lipinski definition) is 5. The number of nitrogens with one attached hydrogen (secondary N) is 1. The smallest absolute Gasteiger partial charge is 0.387 e. The lowest BCUT2D eigenvalue weighted by Gasteiger charge is -2.24. The van der Waals surface area contributed by atoms with Gasteiger partial charge in [-0.15, -0.1) is 0 Å². The number of imidazole rings is 2. The van der Waals surface area contributed by atoms with Gasteiger partial charge in [0.05, 0.1) is 25.7 Å². The van der Waals surface area contributed by atoms with Crippen LogP contribution in [0.25, 0.3) is 22.3 Å². The molecule has 0 radical (unpaired) electrons. The zero-order chi connectivity index (χ0) is 28.2. The Labute approximate surface area is 233 Å². The van der Waals surface area contributed by atoms with Gasteiger partial charge in [-0.2, -0.15) is 4.98 Å². The minimum absolute atomic E-state index is 0.00312. The first-order chi connectivity index (χ1) is 19.0. The van der Waals surface area contributed by atoms with Crippen molar-refractivity contribution in [3.63, 3.8) is 0 Å². The number of rotatable bonds is 1. The van der Waals surface area contributed by atoms with Gasteiger partial charge in [-0.05, 0) is 11.8 Å². The van der Waals surface area contributed by atoms with Gasteiger partial charge < -0.3 is 34.1 Å². The van der Waals surface area contributed by atoms with Crippen LogP contribution in [0.5, 0.6) is 0 Å². The van der Waals surface area contributed by atoms with Crippen LogP contribution in [0.2, 0.25) is 0 Å². The predicted octanol–water partition coefficient (Wildman–Crippen LogP) is 0.00330. The molecule has 0 spiro atoms. The number of aliphatic hydroxyl groups excluding tert-OH is 1. The van der Waals surface area contributed by atoms with Crippen LogP contribution >= 0.6 is 25.8 Å². The molecule has 2 unspecified atom stereocenters. The Bertz CT molecular complexity index is 1750. The molecular weight excluding hydrogens is 612 g/mol. The number of nitrogens with two attached hydrogens (primary N) is 1. The van der Waals surface area contributed by atoms with E-state index in [2.05, 4.69) is 42.2 Å². The van der Waals surface area contributed by atoms with Crippen LogP contribution in [0.15, 0.2) is 23.6 Å². The van der Waals surface area contributed by atoms with Gasteiger partial charge in [-0.25, -0.2) is 24.5 Å². The van der Waals surface area contributed by atoms with Crippen molar-refractivity contribution >= 4 is 65.8 Å². The van der Waals surface area contributed by atoms with E-state index in [0.717, 1.165) is 0 Å². The van der Waals surface area contributed by atoms with E-state index in [-0.39, 0.29) is 42.7 Å². The molecule has 4 aromatic rings. The number of ether oxygens (including phenoxy) is 1. The summed E-state index contributed by atoms with van der Waals surface area (Å²) in [6.07, 6.45) is -1.33. The van der Waals surface area contributed by atoms with Crippen LogP contribution in [-0.4, -0.2) is 80.6 Å². The molecule has 0 aromatic carbocycles. The number of aromatic nitrogens is 8. The molecule has 6 heterocycles. The first-order valence-corrected chi connectivity index (χ1v) is 16.8. The molecule has 40 heavy (non-hydrogen) atoms. The molecule has 1 saturated heterocycles. The predicted molar refractivity (Wildman–Crippen MR) is 142 cm³/mol. The molecular formula is C18H21N9O9P2S2. The summed E-state index contributed by atoms with van der Waals surface area (Å²) < 4.78 is 44.4. The largest absolute Gasteiger partial charge is 0.387 e. The third-order valence-electron chi connectivity index (χ3n) is 6.11. The fraction of sp³-hybridized carbons (Fsp3) is 0.444. The van der Waals surface area contributed by atoms with E-state index in [0.29, 0.717) is 11.2 Å².